The molecule has 16 heavy (non-hydrogen) atoms. The van der Waals surface area contributed by atoms with Gasteiger partial charge < -0.3 is 9.84 Å². The van der Waals surface area contributed by atoms with Gasteiger partial charge in [-0.05, 0) is 18.9 Å². The van der Waals surface area contributed by atoms with Crippen molar-refractivity contribution in [1.29, 1.82) is 0 Å². The third-order valence-electron chi connectivity index (χ3n) is 2.09. The van der Waals surface area contributed by atoms with Crippen molar-refractivity contribution in [2.45, 2.75) is 20.0 Å². The van der Waals surface area contributed by atoms with Crippen molar-refractivity contribution in [3.8, 4) is 0 Å². The first-order valence-corrected chi connectivity index (χ1v) is 5.21. The zero-order chi connectivity index (χ0) is 11.8. The molecule has 0 aliphatic rings. The van der Waals surface area contributed by atoms with E-state index in [1.165, 1.54) is 6.08 Å². The summed E-state index contributed by atoms with van der Waals surface area (Å²) in [5.41, 5.74) is 1.78. The van der Waals surface area contributed by atoms with Gasteiger partial charge >= 0.3 is 5.97 Å². The number of rotatable bonds is 5. The molecule has 0 saturated heterocycles. The molecule has 0 aromatic heterocycles. The Morgan fingerprint density at radius 1 is 1.38 bits per heavy atom. The minimum absolute atomic E-state index is 0.0499. The molecular weight excluding hydrogens is 204 g/mol. The minimum Gasteiger partial charge on any atom is -0.458 e. The molecule has 0 radical (unpaired) electrons. The van der Waals surface area contributed by atoms with Gasteiger partial charge in [-0.3, -0.25) is 0 Å². The van der Waals surface area contributed by atoms with Crippen LogP contribution in [0.15, 0.2) is 42.0 Å². The third kappa shape index (κ3) is 4.75. The van der Waals surface area contributed by atoms with Gasteiger partial charge in [-0.1, -0.05) is 35.9 Å². The van der Waals surface area contributed by atoms with Crippen LogP contribution >= 0.6 is 0 Å². The average Bonchev–Trinajstić information content (AvgIpc) is 2.28. The predicted molar refractivity (Wildman–Crippen MR) is 61.7 cm³/mol. The summed E-state index contributed by atoms with van der Waals surface area (Å²) in [6.45, 7) is 2.12. The number of benzene rings is 1. The summed E-state index contributed by atoms with van der Waals surface area (Å²) in [4.78, 5) is 11.3. The number of esters is 1. The molecule has 0 saturated carbocycles. The van der Waals surface area contributed by atoms with Crippen LogP contribution in [-0.4, -0.2) is 17.7 Å². The number of carbonyl (C=O) groups is 1. The van der Waals surface area contributed by atoms with Crippen LogP contribution in [0, 0.1) is 0 Å². The summed E-state index contributed by atoms with van der Waals surface area (Å²) in [6.07, 6.45) is 1.92. The van der Waals surface area contributed by atoms with Crippen molar-refractivity contribution >= 4 is 5.97 Å². The Bertz CT molecular complexity index is 355. The fraction of sp³-hybridized carbons (Fsp3) is 0.308. The predicted octanol–water partition coefficient (Wildman–Crippen LogP) is 2.06. The van der Waals surface area contributed by atoms with Crippen molar-refractivity contribution in [2.75, 3.05) is 6.61 Å². The highest BCUT2D eigenvalue weighted by Crippen LogP contribution is 2.03. The van der Waals surface area contributed by atoms with Gasteiger partial charge in [0, 0.05) is 12.7 Å². The van der Waals surface area contributed by atoms with Crippen molar-refractivity contribution < 1.29 is 14.6 Å². The quantitative estimate of drug-likeness (QED) is 0.610. The molecule has 1 aromatic rings. The molecular formula is C13H16O3. The second-order valence-corrected chi connectivity index (χ2v) is 3.56. The third-order valence-corrected chi connectivity index (χ3v) is 2.09. The molecule has 0 unspecified atom stereocenters. The van der Waals surface area contributed by atoms with Gasteiger partial charge in [0.2, 0.25) is 0 Å². The summed E-state index contributed by atoms with van der Waals surface area (Å²) in [5, 5.41) is 8.66. The Hall–Kier alpha value is -1.61. The Morgan fingerprint density at radius 3 is 2.69 bits per heavy atom. The number of aliphatic hydroxyl groups excluding tert-OH is 1. The number of hydrogen-bond acceptors (Lipinski definition) is 3. The molecule has 3 heteroatoms. The second-order valence-electron chi connectivity index (χ2n) is 3.56. The smallest absolute Gasteiger partial charge is 0.331 e. The summed E-state index contributed by atoms with van der Waals surface area (Å²) >= 11 is 0. The lowest BCUT2D eigenvalue weighted by Crippen LogP contribution is -2.02. The van der Waals surface area contributed by atoms with Crippen LogP contribution in [0.2, 0.25) is 0 Å². The zero-order valence-corrected chi connectivity index (χ0v) is 9.35. The van der Waals surface area contributed by atoms with E-state index < -0.39 is 0 Å². The molecule has 0 atom stereocenters. The van der Waals surface area contributed by atoms with Crippen LogP contribution < -0.4 is 0 Å². The first-order chi connectivity index (χ1) is 7.72. The standard InChI is InChI=1S/C13H16O3/c1-11(7-8-14)9-13(15)16-10-12-5-3-2-4-6-12/h2-6,9,14H,7-8,10H2,1H3/b11-9+. The molecule has 0 heterocycles. The van der Waals surface area contributed by atoms with E-state index >= 15 is 0 Å². The maximum Gasteiger partial charge on any atom is 0.331 e. The van der Waals surface area contributed by atoms with Crippen molar-refractivity contribution in [2.24, 2.45) is 0 Å². The summed E-state index contributed by atoms with van der Waals surface area (Å²) in [7, 11) is 0. The van der Waals surface area contributed by atoms with E-state index in [1.807, 2.05) is 30.3 Å². The van der Waals surface area contributed by atoms with E-state index in [9.17, 15) is 4.79 Å². The second kappa shape index (κ2) is 6.80. The SMILES string of the molecule is C/C(=C\C(=O)OCc1ccccc1)CCO. The summed E-state index contributed by atoms with van der Waals surface area (Å²) < 4.78 is 5.05. The van der Waals surface area contributed by atoms with E-state index in [1.54, 1.807) is 6.92 Å². The van der Waals surface area contributed by atoms with Gasteiger partial charge in [-0.2, -0.15) is 0 Å². The van der Waals surface area contributed by atoms with Gasteiger partial charge in [0.1, 0.15) is 6.61 Å². The maximum atomic E-state index is 11.3. The van der Waals surface area contributed by atoms with E-state index in [2.05, 4.69) is 0 Å². The molecule has 1 aromatic carbocycles. The Morgan fingerprint density at radius 2 is 2.06 bits per heavy atom. The van der Waals surface area contributed by atoms with Crippen LogP contribution in [-0.2, 0) is 16.1 Å². The van der Waals surface area contributed by atoms with Crippen molar-refractivity contribution in [1.82, 2.24) is 0 Å². The monoisotopic (exact) mass is 220 g/mol. The maximum absolute atomic E-state index is 11.3. The lowest BCUT2D eigenvalue weighted by molar-refractivity contribution is -0.139. The first kappa shape index (κ1) is 12.5. The molecule has 1 rings (SSSR count). The Kier molecular flexibility index (Phi) is 5.29. The highest BCUT2D eigenvalue weighted by Gasteiger charge is 2.00. The van der Waals surface area contributed by atoms with E-state index in [0.717, 1.165) is 11.1 Å². The number of carbonyl (C=O) groups excluding carboxylic acids is 1. The van der Waals surface area contributed by atoms with E-state index in [0.29, 0.717) is 6.42 Å². The van der Waals surface area contributed by atoms with Crippen LogP contribution in [0.1, 0.15) is 18.9 Å². The van der Waals surface area contributed by atoms with Gasteiger partial charge in [0.15, 0.2) is 0 Å². The van der Waals surface area contributed by atoms with E-state index in [4.69, 9.17) is 9.84 Å². The molecule has 0 spiro atoms. The van der Waals surface area contributed by atoms with Crippen LogP contribution in [0.4, 0.5) is 0 Å². The fourth-order valence-electron chi connectivity index (χ4n) is 1.22. The van der Waals surface area contributed by atoms with Crippen LogP contribution in [0.3, 0.4) is 0 Å². The molecule has 0 bridgehead atoms. The largest absolute Gasteiger partial charge is 0.458 e. The number of hydrogen-bond donors (Lipinski definition) is 1. The molecule has 0 aliphatic carbocycles. The van der Waals surface area contributed by atoms with Gasteiger partial charge in [-0.15, -0.1) is 0 Å². The molecule has 86 valence electrons. The fourth-order valence-corrected chi connectivity index (χ4v) is 1.22. The minimum atomic E-state index is -0.366. The number of ether oxygens (including phenoxy) is 1. The summed E-state index contributed by atoms with van der Waals surface area (Å²) in [6, 6.07) is 9.51. The molecule has 0 fully saturated rings. The highest BCUT2D eigenvalue weighted by molar-refractivity contribution is 5.82. The Balaban J connectivity index is 2.39. The van der Waals surface area contributed by atoms with Crippen LogP contribution in [0.5, 0.6) is 0 Å². The van der Waals surface area contributed by atoms with Gasteiger partial charge in [-0.25, -0.2) is 4.79 Å². The van der Waals surface area contributed by atoms with Crippen molar-refractivity contribution in [3.05, 3.63) is 47.5 Å². The van der Waals surface area contributed by atoms with E-state index in [-0.39, 0.29) is 19.2 Å². The zero-order valence-electron chi connectivity index (χ0n) is 9.35. The number of aliphatic hydroxyl groups is 1. The van der Waals surface area contributed by atoms with Gasteiger partial charge in [0.05, 0.1) is 0 Å². The highest BCUT2D eigenvalue weighted by atomic mass is 16.5. The first-order valence-electron chi connectivity index (χ1n) is 5.21. The molecule has 0 amide bonds. The van der Waals surface area contributed by atoms with Crippen molar-refractivity contribution in [3.63, 3.8) is 0 Å². The normalized spacial score (nSPS) is 11.2. The topological polar surface area (TPSA) is 46.5 Å². The lowest BCUT2D eigenvalue weighted by atomic mass is 10.2. The lowest BCUT2D eigenvalue weighted by Gasteiger charge is -2.02. The molecule has 3 nitrogen and oxygen atoms in total. The molecule has 0 aliphatic heterocycles. The average molecular weight is 220 g/mol. The summed E-state index contributed by atoms with van der Waals surface area (Å²) in [5.74, 6) is -0.366. The Labute approximate surface area is 95.4 Å². The molecule has 1 N–H and O–H groups in total. The van der Waals surface area contributed by atoms with Gasteiger partial charge in [0.25, 0.3) is 0 Å². The van der Waals surface area contributed by atoms with Crippen LogP contribution in [0.25, 0.3) is 0 Å².